The van der Waals surface area contributed by atoms with Gasteiger partial charge >= 0.3 is 19.8 Å². The van der Waals surface area contributed by atoms with E-state index >= 15 is 0 Å². The van der Waals surface area contributed by atoms with Crippen LogP contribution in [-0.4, -0.2) is 49.3 Å². The van der Waals surface area contributed by atoms with E-state index in [1.807, 2.05) is 12.2 Å². The van der Waals surface area contributed by atoms with Gasteiger partial charge in [0.25, 0.3) is 0 Å². The number of rotatable bonds is 40. The highest BCUT2D eigenvalue weighted by atomic mass is 31.2. The van der Waals surface area contributed by atoms with Crippen molar-refractivity contribution in [2.75, 3.05) is 26.4 Å². The minimum atomic E-state index is -4.40. The third kappa shape index (κ3) is 42.6. The van der Waals surface area contributed by atoms with Crippen molar-refractivity contribution in [3.63, 3.8) is 0 Å². The summed E-state index contributed by atoms with van der Waals surface area (Å²) in [5.41, 5.74) is 5.34. The zero-order chi connectivity index (χ0) is 41.8. The summed E-state index contributed by atoms with van der Waals surface area (Å²) in [6.45, 7) is 3.51. The first kappa shape index (κ1) is 54.2. The molecule has 0 aliphatic heterocycles. The number of esters is 2. The summed E-state index contributed by atoms with van der Waals surface area (Å²) in [6.07, 6.45) is 53.5. The zero-order valence-electron chi connectivity index (χ0n) is 35.8. The fourth-order valence-electron chi connectivity index (χ4n) is 5.54. The molecule has 0 aliphatic rings. The van der Waals surface area contributed by atoms with Crippen LogP contribution >= 0.6 is 7.82 Å². The first-order chi connectivity index (χ1) is 27.8. The van der Waals surface area contributed by atoms with Gasteiger partial charge in [0.15, 0.2) is 6.10 Å². The van der Waals surface area contributed by atoms with E-state index in [4.69, 9.17) is 24.3 Å². The largest absolute Gasteiger partial charge is 0.472 e. The van der Waals surface area contributed by atoms with E-state index in [-0.39, 0.29) is 32.6 Å². The van der Waals surface area contributed by atoms with E-state index < -0.39 is 32.5 Å². The van der Waals surface area contributed by atoms with Crippen LogP contribution in [0.1, 0.15) is 168 Å². The van der Waals surface area contributed by atoms with Gasteiger partial charge in [-0.3, -0.25) is 18.6 Å². The Hall–Kier alpha value is -2.81. The molecule has 2 unspecified atom stereocenters. The number of hydrogen-bond acceptors (Lipinski definition) is 8. The van der Waals surface area contributed by atoms with E-state index in [1.54, 1.807) is 0 Å². The van der Waals surface area contributed by atoms with Crippen molar-refractivity contribution in [3.05, 3.63) is 85.1 Å². The molecule has 57 heavy (non-hydrogen) atoms. The number of ether oxygens (including phenoxy) is 2. The first-order valence-electron chi connectivity index (χ1n) is 22.1. The van der Waals surface area contributed by atoms with Crippen molar-refractivity contribution in [2.24, 2.45) is 5.73 Å². The van der Waals surface area contributed by atoms with Gasteiger partial charge < -0.3 is 20.1 Å². The van der Waals surface area contributed by atoms with Crippen molar-refractivity contribution in [3.8, 4) is 0 Å². The van der Waals surface area contributed by atoms with Gasteiger partial charge in [0.05, 0.1) is 13.2 Å². The average Bonchev–Trinajstić information content (AvgIpc) is 3.20. The lowest BCUT2D eigenvalue weighted by Gasteiger charge is -2.19. The predicted octanol–water partition coefficient (Wildman–Crippen LogP) is 12.8. The van der Waals surface area contributed by atoms with Crippen LogP contribution in [0.5, 0.6) is 0 Å². The molecule has 0 spiro atoms. The standard InChI is InChI=1S/C47H80NO8P/c1-3-5-7-9-11-13-15-17-18-19-20-21-22-23-24-25-26-28-29-31-33-35-37-39-46(49)53-43-45(44-55-57(51,52)54-42-41-48)56-47(50)40-38-36-34-32-30-27-16-14-12-10-8-6-4-2/h5,7,11,13,17-18,20-21,23-24,27,30,34,36,45H,3-4,6,8-10,12,14-16,19,22,25-26,28-29,31-33,35,37-44,48H2,1-2H3,(H,51,52)/b7-5+,13-11+,18-17+,21-20+,24-23+,30-27+,36-34+. The van der Waals surface area contributed by atoms with E-state index in [2.05, 4.69) is 86.8 Å². The van der Waals surface area contributed by atoms with Crippen LogP contribution in [0.3, 0.4) is 0 Å². The molecule has 0 aromatic heterocycles. The van der Waals surface area contributed by atoms with Crippen LogP contribution in [-0.2, 0) is 32.7 Å². The summed E-state index contributed by atoms with van der Waals surface area (Å²) in [5, 5.41) is 0. The van der Waals surface area contributed by atoms with E-state index in [0.717, 1.165) is 70.6 Å². The summed E-state index contributed by atoms with van der Waals surface area (Å²) in [6, 6.07) is 0. The highest BCUT2D eigenvalue weighted by molar-refractivity contribution is 7.47. The van der Waals surface area contributed by atoms with E-state index in [1.165, 1.54) is 57.8 Å². The van der Waals surface area contributed by atoms with Crippen LogP contribution in [0, 0.1) is 0 Å². The Balaban J connectivity index is 4.19. The van der Waals surface area contributed by atoms with Crippen LogP contribution in [0.2, 0.25) is 0 Å². The maximum absolute atomic E-state index is 12.5. The zero-order valence-corrected chi connectivity index (χ0v) is 36.7. The Morgan fingerprint density at radius 2 is 1.00 bits per heavy atom. The smallest absolute Gasteiger partial charge is 0.462 e. The minimum Gasteiger partial charge on any atom is -0.462 e. The number of phosphoric acid groups is 1. The van der Waals surface area contributed by atoms with Gasteiger partial charge in [0.2, 0.25) is 0 Å². The molecule has 0 saturated heterocycles. The summed E-state index contributed by atoms with van der Waals surface area (Å²) in [7, 11) is -4.40. The maximum atomic E-state index is 12.5. The summed E-state index contributed by atoms with van der Waals surface area (Å²) < 4.78 is 32.7. The average molecular weight is 818 g/mol. The summed E-state index contributed by atoms with van der Waals surface area (Å²) in [4.78, 5) is 34.8. The lowest BCUT2D eigenvalue weighted by Crippen LogP contribution is -2.29. The Morgan fingerprint density at radius 3 is 1.51 bits per heavy atom. The Bertz CT molecular complexity index is 1210. The molecule has 0 fully saturated rings. The van der Waals surface area contributed by atoms with Crippen molar-refractivity contribution < 1.29 is 37.6 Å². The van der Waals surface area contributed by atoms with Gasteiger partial charge in [-0.15, -0.1) is 0 Å². The Morgan fingerprint density at radius 1 is 0.544 bits per heavy atom. The van der Waals surface area contributed by atoms with Crippen LogP contribution in [0.4, 0.5) is 0 Å². The second-order valence-electron chi connectivity index (χ2n) is 14.2. The van der Waals surface area contributed by atoms with Crippen molar-refractivity contribution >= 4 is 19.8 Å². The molecule has 10 heteroatoms. The van der Waals surface area contributed by atoms with Crippen LogP contribution in [0.25, 0.3) is 0 Å². The number of carbonyl (C=O) groups excluding carboxylic acids is 2. The predicted molar refractivity (Wildman–Crippen MR) is 238 cm³/mol. The molecule has 0 amide bonds. The lowest BCUT2D eigenvalue weighted by atomic mass is 10.1. The van der Waals surface area contributed by atoms with Gasteiger partial charge in [-0.05, 0) is 77.0 Å². The van der Waals surface area contributed by atoms with Crippen LogP contribution in [0.15, 0.2) is 85.1 Å². The molecule has 0 aromatic rings. The minimum absolute atomic E-state index is 0.0399. The number of phosphoric ester groups is 1. The summed E-state index contributed by atoms with van der Waals surface area (Å²) >= 11 is 0. The first-order valence-corrected chi connectivity index (χ1v) is 23.6. The second kappa shape index (κ2) is 42.8. The van der Waals surface area contributed by atoms with E-state index in [9.17, 15) is 19.0 Å². The number of allylic oxidation sites excluding steroid dienone is 14. The molecule has 0 aliphatic carbocycles. The molecule has 0 radical (unpaired) electrons. The molecular weight excluding hydrogens is 737 g/mol. The molecule has 326 valence electrons. The Labute approximate surface area is 347 Å². The highest BCUT2D eigenvalue weighted by Gasteiger charge is 2.25. The van der Waals surface area contributed by atoms with Gasteiger partial charge in [0.1, 0.15) is 6.61 Å². The maximum Gasteiger partial charge on any atom is 0.472 e. The second-order valence-corrected chi connectivity index (χ2v) is 15.6. The molecule has 0 rings (SSSR count). The number of hydrogen-bond donors (Lipinski definition) is 2. The van der Waals surface area contributed by atoms with E-state index in [0.29, 0.717) is 12.8 Å². The van der Waals surface area contributed by atoms with Gasteiger partial charge in [-0.25, -0.2) is 4.57 Å². The summed E-state index contributed by atoms with van der Waals surface area (Å²) in [5.74, 6) is -0.927. The molecule has 0 heterocycles. The molecule has 2 atom stereocenters. The number of unbranched alkanes of at least 4 members (excludes halogenated alkanes) is 13. The fraction of sp³-hybridized carbons (Fsp3) is 0.660. The van der Waals surface area contributed by atoms with Gasteiger partial charge in [-0.2, -0.15) is 0 Å². The third-order valence-electron chi connectivity index (χ3n) is 8.78. The third-order valence-corrected chi connectivity index (χ3v) is 9.76. The molecule has 3 N–H and O–H groups in total. The molecular formula is C47H80NO8P. The van der Waals surface area contributed by atoms with Gasteiger partial charge in [-0.1, -0.05) is 163 Å². The fourth-order valence-corrected chi connectivity index (χ4v) is 6.30. The van der Waals surface area contributed by atoms with Crippen molar-refractivity contribution in [1.82, 2.24) is 0 Å². The van der Waals surface area contributed by atoms with Crippen molar-refractivity contribution in [2.45, 2.75) is 174 Å². The quantitative estimate of drug-likeness (QED) is 0.0268. The van der Waals surface area contributed by atoms with Crippen molar-refractivity contribution in [1.29, 1.82) is 0 Å². The SMILES string of the molecule is CC/C=C/C/C=C/C/C=C/C/C=C/C/C=C/CCCCCCCCCC(=O)OCC(COP(=O)(O)OCCN)OC(=O)CC/C=C/C/C=C/CCCCCCCC. The topological polar surface area (TPSA) is 134 Å². The monoisotopic (exact) mass is 818 g/mol. The normalized spacial score (nSPS) is 14.1. The molecule has 9 nitrogen and oxygen atoms in total. The number of nitrogens with two attached hydrogens (primary N) is 1. The molecule has 0 saturated carbocycles. The van der Waals surface area contributed by atoms with Crippen LogP contribution < -0.4 is 5.73 Å². The van der Waals surface area contributed by atoms with Gasteiger partial charge in [0, 0.05) is 19.4 Å². The lowest BCUT2D eigenvalue weighted by molar-refractivity contribution is -0.161. The molecule has 0 bridgehead atoms. The molecule has 0 aromatic carbocycles. The Kier molecular flexibility index (Phi) is 40.7. The highest BCUT2D eigenvalue weighted by Crippen LogP contribution is 2.43. The number of carbonyl (C=O) groups is 2.